The van der Waals surface area contributed by atoms with Gasteiger partial charge in [0.05, 0.1) is 5.02 Å². The summed E-state index contributed by atoms with van der Waals surface area (Å²) in [6.45, 7) is 0.416. The van der Waals surface area contributed by atoms with Crippen LogP contribution in [0, 0.1) is 17.8 Å². The SMILES string of the molecule is O=Cc1cccnc1Sc1c(Cl)cc(-c2ccc(=O)[nH]c2)cc1CNC(=O)OCC1C2=C(CCC=C2)C2C=CC=CC21. The van der Waals surface area contributed by atoms with Crippen LogP contribution in [0.25, 0.3) is 11.1 Å². The van der Waals surface area contributed by atoms with E-state index in [1.165, 1.54) is 29.0 Å². The van der Waals surface area contributed by atoms with Crippen LogP contribution in [-0.4, -0.2) is 29.0 Å². The van der Waals surface area contributed by atoms with Crippen molar-refractivity contribution in [1.29, 1.82) is 0 Å². The average molecular weight is 598 g/mol. The number of H-pyrrole nitrogens is 1. The Morgan fingerprint density at radius 3 is 2.90 bits per heavy atom. The van der Waals surface area contributed by atoms with Crippen molar-refractivity contribution in [1.82, 2.24) is 15.3 Å². The molecule has 3 aromatic rings. The van der Waals surface area contributed by atoms with Crippen molar-refractivity contribution in [2.24, 2.45) is 17.8 Å². The van der Waals surface area contributed by atoms with Crippen LogP contribution in [0.1, 0.15) is 28.8 Å². The smallest absolute Gasteiger partial charge is 0.407 e. The van der Waals surface area contributed by atoms with Gasteiger partial charge in [-0.3, -0.25) is 9.59 Å². The zero-order valence-electron chi connectivity index (χ0n) is 22.6. The van der Waals surface area contributed by atoms with Crippen LogP contribution >= 0.6 is 23.4 Å². The molecule has 42 heavy (non-hydrogen) atoms. The van der Waals surface area contributed by atoms with E-state index in [0.29, 0.717) is 26.4 Å². The lowest BCUT2D eigenvalue weighted by atomic mass is 9.82. The van der Waals surface area contributed by atoms with E-state index in [-0.39, 0.29) is 30.5 Å². The molecule has 6 rings (SSSR count). The number of benzene rings is 1. The molecule has 0 saturated heterocycles. The minimum Gasteiger partial charge on any atom is -0.449 e. The van der Waals surface area contributed by atoms with E-state index in [1.54, 1.807) is 36.7 Å². The van der Waals surface area contributed by atoms with Crippen LogP contribution in [0.3, 0.4) is 0 Å². The third-order valence-corrected chi connectivity index (χ3v) is 9.50. The quantitative estimate of drug-likeness (QED) is 0.274. The number of carbonyl (C=O) groups excluding carboxylic acids is 2. The predicted octanol–water partition coefficient (Wildman–Crippen LogP) is 6.92. The Kier molecular flexibility index (Phi) is 8.26. The number of hydrogen-bond donors (Lipinski definition) is 2. The number of amides is 1. The maximum Gasteiger partial charge on any atom is 0.407 e. The van der Waals surface area contributed by atoms with Gasteiger partial charge in [0.2, 0.25) is 5.56 Å². The van der Waals surface area contributed by atoms with Crippen molar-refractivity contribution in [2.45, 2.75) is 29.3 Å². The van der Waals surface area contributed by atoms with Crippen molar-refractivity contribution in [3.63, 3.8) is 0 Å². The molecule has 2 N–H and O–H groups in total. The number of ether oxygens (including phenoxy) is 1. The highest BCUT2D eigenvalue weighted by Crippen LogP contribution is 2.48. The van der Waals surface area contributed by atoms with Gasteiger partial charge in [0.25, 0.3) is 0 Å². The van der Waals surface area contributed by atoms with Crippen LogP contribution in [0.4, 0.5) is 4.79 Å². The summed E-state index contributed by atoms with van der Waals surface area (Å²) in [6, 6.07) is 10.2. The molecular formula is C33H28ClN3O4S. The van der Waals surface area contributed by atoms with Gasteiger partial charge < -0.3 is 15.0 Å². The molecule has 2 heterocycles. The second kappa shape index (κ2) is 12.4. The normalized spacial score (nSPS) is 20.3. The standard InChI is InChI=1S/C33H28ClN3O4S/c34-29-15-22(20-11-12-30(39)36-16-20)14-23(31(29)42-32-21(18-38)6-5-13-35-32)17-37-33(40)41-19-28-26-9-3-1-7-24(26)25-8-2-4-10-27(25)28/h1,3-7,9-16,18,24,26,28H,2,8,17,19H2,(H,36,39)(H,37,40). The first kappa shape index (κ1) is 28.0. The van der Waals surface area contributed by atoms with E-state index in [4.69, 9.17) is 16.3 Å². The Morgan fingerprint density at radius 1 is 1.19 bits per heavy atom. The Bertz CT molecular complexity index is 1700. The molecule has 3 aliphatic carbocycles. The molecule has 2 aromatic heterocycles. The number of fused-ring (bicyclic) bond motifs is 2. The van der Waals surface area contributed by atoms with Crippen LogP contribution < -0.4 is 10.9 Å². The van der Waals surface area contributed by atoms with E-state index < -0.39 is 6.09 Å². The summed E-state index contributed by atoms with van der Waals surface area (Å²) in [7, 11) is 0. The number of aldehydes is 1. The van der Waals surface area contributed by atoms with Gasteiger partial charge in [-0.15, -0.1) is 0 Å². The lowest BCUT2D eigenvalue weighted by molar-refractivity contribution is 0.111. The van der Waals surface area contributed by atoms with E-state index in [1.807, 2.05) is 6.07 Å². The number of aromatic amines is 1. The van der Waals surface area contributed by atoms with Crippen molar-refractivity contribution in [3.05, 3.63) is 123 Å². The number of hydrogen-bond acceptors (Lipinski definition) is 6. The Labute approximate surface area is 252 Å². The highest BCUT2D eigenvalue weighted by atomic mass is 35.5. The van der Waals surface area contributed by atoms with E-state index in [0.717, 1.165) is 35.8 Å². The van der Waals surface area contributed by atoms with E-state index in [9.17, 15) is 14.4 Å². The fourth-order valence-corrected chi connectivity index (χ4v) is 7.21. The predicted molar refractivity (Wildman–Crippen MR) is 164 cm³/mol. The number of nitrogens with one attached hydrogen (secondary N) is 2. The molecule has 0 saturated carbocycles. The summed E-state index contributed by atoms with van der Waals surface area (Å²) < 4.78 is 5.78. The maximum absolute atomic E-state index is 13.0. The minimum absolute atomic E-state index is 0.114. The molecule has 0 radical (unpaired) electrons. The van der Waals surface area contributed by atoms with Gasteiger partial charge in [-0.25, -0.2) is 9.78 Å². The summed E-state index contributed by atoms with van der Waals surface area (Å²) in [4.78, 5) is 43.9. The van der Waals surface area contributed by atoms with Gasteiger partial charge in [0, 0.05) is 47.3 Å². The Balaban J connectivity index is 1.21. The zero-order chi connectivity index (χ0) is 29.1. The second-order valence-electron chi connectivity index (χ2n) is 10.4. The second-order valence-corrected chi connectivity index (χ2v) is 11.8. The highest BCUT2D eigenvalue weighted by Gasteiger charge is 2.40. The number of aromatic nitrogens is 2. The van der Waals surface area contributed by atoms with Crippen molar-refractivity contribution < 1.29 is 14.3 Å². The molecule has 0 fully saturated rings. The molecule has 7 nitrogen and oxygen atoms in total. The van der Waals surface area contributed by atoms with E-state index in [2.05, 4.69) is 51.7 Å². The molecule has 1 amide bonds. The largest absolute Gasteiger partial charge is 0.449 e. The molecule has 0 spiro atoms. The fourth-order valence-electron chi connectivity index (χ4n) is 5.90. The van der Waals surface area contributed by atoms with Gasteiger partial charge in [-0.1, -0.05) is 65.4 Å². The molecular weight excluding hydrogens is 570 g/mol. The molecule has 3 atom stereocenters. The summed E-state index contributed by atoms with van der Waals surface area (Å²) in [6.07, 6.45) is 18.6. The van der Waals surface area contributed by atoms with Crippen molar-refractivity contribution >= 4 is 35.7 Å². The molecule has 212 valence electrons. The van der Waals surface area contributed by atoms with Crippen LogP contribution in [-0.2, 0) is 11.3 Å². The topological polar surface area (TPSA) is 101 Å². The molecule has 1 aromatic carbocycles. The van der Waals surface area contributed by atoms with Crippen LogP contribution in [0.2, 0.25) is 5.02 Å². The lowest BCUT2D eigenvalue weighted by Gasteiger charge is -2.24. The number of halogens is 1. The number of pyridine rings is 2. The van der Waals surface area contributed by atoms with Gasteiger partial charge in [-0.2, -0.15) is 0 Å². The summed E-state index contributed by atoms with van der Waals surface area (Å²) >= 11 is 8.03. The summed E-state index contributed by atoms with van der Waals surface area (Å²) in [5.74, 6) is 0.770. The van der Waals surface area contributed by atoms with Crippen molar-refractivity contribution in [3.8, 4) is 11.1 Å². The summed E-state index contributed by atoms with van der Waals surface area (Å²) in [5, 5.41) is 3.82. The number of nitrogens with zero attached hydrogens (tertiary/aromatic N) is 1. The first-order valence-electron chi connectivity index (χ1n) is 13.8. The highest BCUT2D eigenvalue weighted by molar-refractivity contribution is 7.99. The first-order valence-corrected chi connectivity index (χ1v) is 15.0. The average Bonchev–Trinajstić information content (AvgIpc) is 3.34. The van der Waals surface area contributed by atoms with Crippen molar-refractivity contribution in [2.75, 3.05) is 6.61 Å². The van der Waals surface area contributed by atoms with Gasteiger partial charge in [0.15, 0.2) is 6.29 Å². The molecule has 0 aliphatic heterocycles. The third kappa shape index (κ3) is 5.78. The fraction of sp³-hybridized carbons (Fsp3) is 0.212. The van der Waals surface area contributed by atoms with Gasteiger partial charge in [0.1, 0.15) is 11.6 Å². The molecule has 3 aliphatic rings. The number of alkyl carbamates (subject to hydrolysis) is 1. The Morgan fingerprint density at radius 2 is 2.07 bits per heavy atom. The first-order chi connectivity index (χ1) is 20.5. The van der Waals surface area contributed by atoms with Crippen LogP contribution in [0.5, 0.6) is 0 Å². The van der Waals surface area contributed by atoms with Gasteiger partial charge >= 0.3 is 6.09 Å². The minimum atomic E-state index is -0.524. The molecule has 9 heteroatoms. The number of allylic oxidation sites excluding steroid dienone is 7. The lowest BCUT2D eigenvalue weighted by Crippen LogP contribution is -2.28. The Hall–Kier alpha value is -4.14. The van der Waals surface area contributed by atoms with E-state index >= 15 is 0 Å². The monoisotopic (exact) mass is 597 g/mol. The maximum atomic E-state index is 13.0. The molecule has 3 unspecified atom stereocenters. The van der Waals surface area contributed by atoms with Gasteiger partial charge in [-0.05, 0) is 71.4 Å². The third-order valence-electron chi connectivity index (χ3n) is 7.87. The number of carbonyl (C=O) groups is 2. The summed E-state index contributed by atoms with van der Waals surface area (Å²) in [5.41, 5.74) is 5.22. The van der Waals surface area contributed by atoms with Crippen LogP contribution in [0.15, 0.2) is 111 Å². The molecule has 0 bridgehead atoms. The zero-order valence-corrected chi connectivity index (χ0v) is 24.2. The number of rotatable bonds is 8.